The van der Waals surface area contributed by atoms with Gasteiger partial charge in [-0.3, -0.25) is 9.88 Å². The summed E-state index contributed by atoms with van der Waals surface area (Å²) in [6.45, 7) is 4.89. The largest absolute Gasteiger partial charge is 0.508 e. The van der Waals surface area contributed by atoms with Crippen LogP contribution in [0.3, 0.4) is 0 Å². The third-order valence-electron chi connectivity index (χ3n) is 9.71. The second-order valence-electron chi connectivity index (χ2n) is 12.4. The Morgan fingerprint density at radius 3 is 2.74 bits per heavy atom. The molecule has 1 unspecified atom stereocenters. The summed E-state index contributed by atoms with van der Waals surface area (Å²) in [5.74, 6) is -1.66. The summed E-state index contributed by atoms with van der Waals surface area (Å²) in [5.41, 5.74) is -0.509. The highest BCUT2D eigenvalue weighted by molar-refractivity contribution is 6.01. The second-order valence-corrected chi connectivity index (χ2v) is 12.4. The van der Waals surface area contributed by atoms with E-state index in [-0.39, 0.29) is 41.1 Å². The van der Waals surface area contributed by atoms with Crippen molar-refractivity contribution in [2.75, 3.05) is 19.7 Å². The van der Waals surface area contributed by atoms with E-state index in [1.807, 2.05) is 6.92 Å². The zero-order valence-electron chi connectivity index (χ0n) is 23.6. The van der Waals surface area contributed by atoms with Gasteiger partial charge < -0.3 is 14.9 Å². The summed E-state index contributed by atoms with van der Waals surface area (Å²) in [6, 6.07) is 5.74. The van der Waals surface area contributed by atoms with Crippen molar-refractivity contribution in [1.29, 1.82) is 0 Å². The number of aliphatic hydroxyl groups is 1. The van der Waals surface area contributed by atoms with E-state index in [9.17, 15) is 19.0 Å². The van der Waals surface area contributed by atoms with E-state index in [0.717, 1.165) is 19.4 Å². The fraction of sp³-hybridized carbons (Fsp3) is 0.469. The first kappa shape index (κ1) is 27.3. The summed E-state index contributed by atoms with van der Waals surface area (Å²) >= 11 is 0. The molecule has 42 heavy (non-hydrogen) atoms. The molecule has 7 rings (SSSR count). The van der Waals surface area contributed by atoms with Crippen LogP contribution in [0.25, 0.3) is 32.9 Å². The van der Waals surface area contributed by atoms with E-state index in [1.54, 1.807) is 13.0 Å². The summed E-state index contributed by atoms with van der Waals surface area (Å²) in [7, 11) is 0. The topological polar surface area (TPSA) is 91.6 Å². The Labute approximate surface area is 241 Å². The number of rotatable bonds is 6. The first-order valence-electron chi connectivity index (χ1n) is 14.6. The van der Waals surface area contributed by atoms with Crippen LogP contribution < -0.4 is 4.74 Å². The van der Waals surface area contributed by atoms with Gasteiger partial charge in [-0.2, -0.15) is 9.97 Å². The van der Waals surface area contributed by atoms with Crippen molar-refractivity contribution in [2.24, 2.45) is 0 Å². The number of alkyl halides is 1. The third-order valence-corrected chi connectivity index (χ3v) is 9.71. The summed E-state index contributed by atoms with van der Waals surface area (Å²) in [6.07, 6.45) is 4.26. The van der Waals surface area contributed by atoms with Gasteiger partial charge in [-0.1, -0.05) is 13.0 Å². The maximum absolute atomic E-state index is 16.6. The smallest absolute Gasteiger partial charge is 0.317 e. The molecule has 10 heteroatoms. The Bertz CT molecular complexity index is 1730. The predicted molar refractivity (Wildman–Crippen MR) is 152 cm³/mol. The molecule has 0 radical (unpaired) electrons. The molecular weight excluding hydrogens is 545 g/mol. The number of hydrogen-bond acceptors (Lipinski definition) is 7. The maximum atomic E-state index is 16.6. The number of halogens is 3. The van der Waals surface area contributed by atoms with Crippen molar-refractivity contribution >= 4 is 21.7 Å². The number of ether oxygens (including phenoxy) is 1. The molecule has 220 valence electrons. The van der Waals surface area contributed by atoms with E-state index in [4.69, 9.17) is 4.74 Å². The van der Waals surface area contributed by atoms with Crippen molar-refractivity contribution < 1.29 is 28.1 Å². The molecule has 7 nitrogen and oxygen atoms in total. The molecule has 3 aliphatic rings. The Kier molecular flexibility index (Phi) is 6.36. The lowest BCUT2D eigenvalue weighted by molar-refractivity contribution is -0.0417. The van der Waals surface area contributed by atoms with Crippen molar-refractivity contribution in [1.82, 2.24) is 19.9 Å². The quantitative estimate of drug-likeness (QED) is 0.291. The zero-order valence-corrected chi connectivity index (χ0v) is 23.6. The van der Waals surface area contributed by atoms with Crippen molar-refractivity contribution in [2.45, 2.75) is 75.6 Å². The standard InChI is InChI=1S/C32H33F3N4O3/c1-3-20-24(34)6-5-17-11-19(40)12-21(25(17)20)28-26(35)29-22(14-36-28)27(23-7-9-31(23,2)41)37-30(38-29)42-16-32-8-4-10-39(32)15-18(33)13-32/h5-6,11-12,14,18,23,40-41H,3-4,7-10,13,15-16H2,1-2H3/t18-,23?,31-,32+/m1/s1. The van der Waals surface area contributed by atoms with E-state index < -0.39 is 28.9 Å². The third kappa shape index (κ3) is 4.21. The minimum Gasteiger partial charge on any atom is -0.508 e. The summed E-state index contributed by atoms with van der Waals surface area (Å²) in [5, 5.41) is 22.8. The SMILES string of the molecule is CCc1c(F)ccc2cc(O)cc(-c3ncc4c(C5CC[C@@]5(C)O)nc(OC[C@@]56CCCN5C[C@H](F)C6)nc4c3F)c12. The monoisotopic (exact) mass is 578 g/mol. The Morgan fingerprint density at radius 2 is 2.00 bits per heavy atom. The molecule has 2 aromatic heterocycles. The van der Waals surface area contributed by atoms with Gasteiger partial charge in [-0.15, -0.1) is 0 Å². The lowest BCUT2D eigenvalue weighted by atomic mass is 9.68. The fourth-order valence-corrected chi connectivity index (χ4v) is 7.39. The van der Waals surface area contributed by atoms with Gasteiger partial charge in [-0.05, 0) is 80.1 Å². The van der Waals surface area contributed by atoms with Crippen LogP contribution in [0.15, 0.2) is 30.5 Å². The number of fused-ring (bicyclic) bond motifs is 3. The van der Waals surface area contributed by atoms with E-state index in [2.05, 4.69) is 19.9 Å². The first-order valence-corrected chi connectivity index (χ1v) is 14.6. The van der Waals surface area contributed by atoms with Crippen LogP contribution in [0, 0.1) is 11.6 Å². The molecule has 2 aliphatic heterocycles. The highest BCUT2D eigenvalue weighted by Crippen LogP contribution is 2.48. The highest BCUT2D eigenvalue weighted by Gasteiger charge is 2.49. The van der Waals surface area contributed by atoms with Crippen LogP contribution in [0.2, 0.25) is 0 Å². The summed E-state index contributed by atoms with van der Waals surface area (Å²) in [4.78, 5) is 15.7. The molecule has 4 heterocycles. The molecule has 4 atom stereocenters. The van der Waals surface area contributed by atoms with E-state index in [0.29, 0.717) is 59.6 Å². The minimum absolute atomic E-state index is 0.0378. The Balaban J connectivity index is 1.38. The molecule has 2 aromatic carbocycles. The van der Waals surface area contributed by atoms with Crippen LogP contribution >= 0.6 is 0 Å². The van der Waals surface area contributed by atoms with Gasteiger partial charge in [0.1, 0.15) is 35.6 Å². The van der Waals surface area contributed by atoms with Gasteiger partial charge in [-0.25, -0.2) is 13.2 Å². The number of aromatic hydroxyl groups is 1. The van der Waals surface area contributed by atoms with E-state index >= 15 is 4.39 Å². The van der Waals surface area contributed by atoms with Gasteiger partial charge in [0.05, 0.1) is 16.8 Å². The van der Waals surface area contributed by atoms with Gasteiger partial charge in [0, 0.05) is 36.0 Å². The molecule has 0 spiro atoms. The van der Waals surface area contributed by atoms with Crippen LogP contribution in [0.1, 0.15) is 63.1 Å². The van der Waals surface area contributed by atoms with Crippen molar-refractivity contribution in [3.05, 3.63) is 53.4 Å². The molecule has 1 aliphatic carbocycles. The number of aryl methyl sites for hydroxylation is 1. The Hall–Kier alpha value is -3.50. The van der Waals surface area contributed by atoms with Crippen LogP contribution in [0.4, 0.5) is 13.2 Å². The number of nitrogens with zero attached hydrogens (tertiary/aromatic N) is 4. The normalized spacial score (nSPS) is 27.5. The number of hydrogen-bond donors (Lipinski definition) is 2. The zero-order chi connectivity index (χ0) is 29.4. The molecular formula is C32H33F3N4O3. The van der Waals surface area contributed by atoms with Crippen LogP contribution in [-0.2, 0) is 6.42 Å². The number of phenolic OH excluding ortho intramolecular Hbond substituents is 1. The maximum Gasteiger partial charge on any atom is 0.317 e. The fourth-order valence-electron chi connectivity index (χ4n) is 7.39. The average Bonchev–Trinajstić information content (AvgIpc) is 3.47. The second kappa shape index (κ2) is 9.77. The lowest BCUT2D eigenvalue weighted by Gasteiger charge is -2.42. The van der Waals surface area contributed by atoms with Crippen molar-refractivity contribution in [3.8, 4) is 23.0 Å². The highest BCUT2D eigenvalue weighted by atomic mass is 19.1. The molecule has 2 saturated heterocycles. The predicted octanol–water partition coefficient (Wildman–Crippen LogP) is 5.97. The average molecular weight is 579 g/mol. The van der Waals surface area contributed by atoms with Gasteiger partial charge in [0.2, 0.25) is 0 Å². The molecule has 1 saturated carbocycles. The van der Waals surface area contributed by atoms with Gasteiger partial charge >= 0.3 is 6.01 Å². The number of aromatic nitrogens is 3. The van der Waals surface area contributed by atoms with E-state index in [1.165, 1.54) is 24.4 Å². The summed E-state index contributed by atoms with van der Waals surface area (Å²) < 4.78 is 51.9. The molecule has 3 fully saturated rings. The van der Waals surface area contributed by atoms with Crippen LogP contribution in [-0.4, -0.2) is 67.1 Å². The first-order chi connectivity index (χ1) is 20.1. The lowest BCUT2D eigenvalue weighted by Crippen LogP contribution is -2.44. The molecule has 0 bridgehead atoms. The minimum atomic E-state index is -1.03. The van der Waals surface area contributed by atoms with Crippen molar-refractivity contribution in [3.63, 3.8) is 0 Å². The molecule has 0 amide bonds. The Morgan fingerprint density at radius 1 is 1.17 bits per heavy atom. The number of phenols is 1. The number of benzene rings is 2. The number of pyridine rings is 1. The molecule has 2 N–H and O–H groups in total. The van der Waals surface area contributed by atoms with Crippen LogP contribution in [0.5, 0.6) is 11.8 Å². The van der Waals surface area contributed by atoms with Gasteiger partial charge in [0.15, 0.2) is 5.82 Å². The van der Waals surface area contributed by atoms with Gasteiger partial charge in [0.25, 0.3) is 0 Å². The molecule has 4 aromatic rings.